The van der Waals surface area contributed by atoms with Crippen molar-refractivity contribution >= 4 is 11.3 Å². The van der Waals surface area contributed by atoms with Crippen LogP contribution in [0, 0.1) is 0 Å². The van der Waals surface area contributed by atoms with Gasteiger partial charge in [0.15, 0.2) is 0 Å². The van der Waals surface area contributed by atoms with Crippen LogP contribution in [0.4, 0.5) is 0 Å². The van der Waals surface area contributed by atoms with Gasteiger partial charge in [0.2, 0.25) is 0 Å². The van der Waals surface area contributed by atoms with Gasteiger partial charge in [0.1, 0.15) is 5.01 Å². The van der Waals surface area contributed by atoms with Crippen molar-refractivity contribution in [3.63, 3.8) is 0 Å². The molecule has 1 aromatic heterocycles. The molecule has 0 spiro atoms. The molecular weight excluding hydrogens is 176 g/mol. The maximum absolute atomic E-state index is 8.91. The molecule has 0 fully saturated rings. The second-order valence-corrected chi connectivity index (χ2v) is 3.42. The van der Waals surface area contributed by atoms with Gasteiger partial charge in [-0.25, -0.2) is 4.98 Å². The topological polar surface area (TPSA) is 45.6 Å². The van der Waals surface area contributed by atoms with Gasteiger partial charge >= 0.3 is 0 Å². The molecule has 0 unspecified atom stereocenters. The molecule has 0 atom stereocenters. The molecule has 5 heteroatoms. The summed E-state index contributed by atoms with van der Waals surface area (Å²) in [7, 11) is 3.23. The lowest BCUT2D eigenvalue weighted by molar-refractivity contribution is -0.0739. The summed E-state index contributed by atoms with van der Waals surface area (Å²) in [5.74, 6) is 0. The van der Waals surface area contributed by atoms with Crippen LogP contribution in [0.2, 0.25) is 0 Å². The normalized spacial score (nSPS) is 11.0. The predicted octanol–water partition coefficient (Wildman–Crippen LogP) is 1.11. The van der Waals surface area contributed by atoms with Gasteiger partial charge in [-0.3, -0.25) is 0 Å². The number of nitrogens with zero attached hydrogens (tertiary/aromatic N) is 2. The van der Waals surface area contributed by atoms with Crippen molar-refractivity contribution in [1.29, 1.82) is 0 Å². The molecule has 0 saturated carbocycles. The van der Waals surface area contributed by atoms with Gasteiger partial charge in [-0.2, -0.15) is 5.06 Å². The number of ether oxygens (including phenoxy) is 1. The zero-order chi connectivity index (χ0) is 8.97. The maximum Gasteiger partial charge on any atom is 0.119 e. The number of thiazole rings is 1. The fourth-order valence-electron chi connectivity index (χ4n) is 0.846. The molecule has 0 bridgehead atoms. The minimum absolute atomic E-state index is 0.459. The average Bonchev–Trinajstić information content (AvgIpc) is 2.36. The first kappa shape index (κ1) is 9.60. The van der Waals surface area contributed by atoms with E-state index in [1.165, 1.54) is 0 Å². The van der Waals surface area contributed by atoms with Crippen LogP contribution in [0.25, 0.3) is 0 Å². The largest absolute Gasteiger partial charge is 0.378 e. The Morgan fingerprint density at radius 2 is 2.50 bits per heavy atom. The molecule has 4 nitrogen and oxygen atoms in total. The van der Waals surface area contributed by atoms with Crippen molar-refractivity contribution in [2.24, 2.45) is 0 Å². The number of methoxy groups -OCH3 is 1. The second kappa shape index (κ2) is 4.51. The Morgan fingerprint density at radius 3 is 3.08 bits per heavy atom. The third-order valence-corrected chi connectivity index (χ3v) is 2.13. The van der Waals surface area contributed by atoms with E-state index in [4.69, 9.17) is 9.94 Å². The fourth-order valence-corrected chi connectivity index (χ4v) is 1.60. The summed E-state index contributed by atoms with van der Waals surface area (Å²) in [5.41, 5.74) is 0.872. The van der Waals surface area contributed by atoms with E-state index < -0.39 is 0 Å². The van der Waals surface area contributed by atoms with E-state index in [1.54, 1.807) is 25.5 Å². The first-order chi connectivity index (χ1) is 5.72. The molecule has 12 heavy (non-hydrogen) atoms. The van der Waals surface area contributed by atoms with E-state index in [9.17, 15) is 0 Å². The minimum atomic E-state index is 0.459. The summed E-state index contributed by atoms with van der Waals surface area (Å²) in [5, 5.41) is 12.9. The van der Waals surface area contributed by atoms with E-state index in [1.807, 2.05) is 5.38 Å². The molecule has 0 aliphatic carbocycles. The zero-order valence-electron chi connectivity index (χ0n) is 7.15. The highest BCUT2D eigenvalue weighted by atomic mass is 32.1. The van der Waals surface area contributed by atoms with E-state index in [-0.39, 0.29) is 0 Å². The van der Waals surface area contributed by atoms with Gasteiger partial charge in [-0.1, -0.05) is 0 Å². The molecule has 0 amide bonds. The molecule has 1 N–H and O–H groups in total. The highest BCUT2D eigenvalue weighted by Gasteiger charge is 2.02. The second-order valence-electron chi connectivity index (χ2n) is 2.48. The first-order valence-electron chi connectivity index (χ1n) is 3.54. The number of hydrogen-bond donors (Lipinski definition) is 1. The standard InChI is InChI=1S/C7H12N2O2S/c1-9(10)3-6-5-12-7(8-6)4-11-2/h5,10H,3-4H2,1-2H3. The van der Waals surface area contributed by atoms with Crippen molar-refractivity contribution in [3.05, 3.63) is 16.1 Å². The van der Waals surface area contributed by atoms with E-state index in [2.05, 4.69) is 4.98 Å². The quantitative estimate of drug-likeness (QED) is 0.719. The Morgan fingerprint density at radius 1 is 1.75 bits per heavy atom. The van der Waals surface area contributed by atoms with E-state index in [0.717, 1.165) is 15.8 Å². The lowest BCUT2D eigenvalue weighted by Crippen LogP contribution is -2.11. The van der Waals surface area contributed by atoms with Crippen LogP contribution in [-0.4, -0.2) is 29.4 Å². The highest BCUT2D eigenvalue weighted by Crippen LogP contribution is 2.11. The maximum atomic E-state index is 8.91. The molecule has 0 saturated heterocycles. The smallest absolute Gasteiger partial charge is 0.119 e. The summed E-state index contributed by atoms with van der Waals surface area (Å²) >= 11 is 1.54. The Labute approximate surface area is 75.4 Å². The summed E-state index contributed by atoms with van der Waals surface area (Å²) in [4.78, 5) is 4.23. The molecule has 1 heterocycles. The summed E-state index contributed by atoms with van der Waals surface area (Å²) < 4.78 is 4.92. The van der Waals surface area contributed by atoms with Crippen LogP contribution in [0.3, 0.4) is 0 Å². The fraction of sp³-hybridized carbons (Fsp3) is 0.571. The SMILES string of the molecule is COCc1nc(CN(C)O)cs1. The Kier molecular flexibility index (Phi) is 3.61. The van der Waals surface area contributed by atoms with Crippen LogP contribution >= 0.6 is 11.3 Å². The van der Waals surface area contributed by atoms with Crippen molar-refractivity contribution in [2.75, 3.05) is 14.2 Å². The zero-order valence-corrected chi connectivity index (χ0v) is 7.97. The van der Waals surface area contributed by atoms with E-state index in [0.29, 0.717) is 13.2 Å². The first-order valence-corrected chi connectivity index (χ1v) is 4.42. The Balaban J connectivity index is 2.52. The highest BCUT2D eigenvalue weighted by molar-refractivity contribution is 7.09. The minimum Gasteiger partial charge on any atom is -0.378 e. The van der Waals surface area contributed by atoms with Crippen LogP contribution in [0.15, 0.2) is 5.38 Å². The monoisotopic (exact) mass is 188 g/mol. The van der Waals surface area contributed by atoms with Crippen LogP contribution in [0.5, 0.6) is 0 Å². The van der Waals surface area contributed by atoms with Crippen molar-refractivity contribution in [1.82, 2.24) is 10.0 Å². The van der Waals surface area contributed by atoms with Crippen molar-refractivity contribution < 1.29 is 9.94 Å². The lowest BCUT2D eigenvalue weighted by atomic mass is 10.5. The average molecular weight is 188 g/mol. The molecule has 68 valence electrons. The van der Waals surface area contributed by atoms with Gasteiger partial charge < -0.3 is 9.94 Å². The summed E-state index contributed by atoms with van der Waals surface area (Å²) in [6, 6.07) is 0. The number of aromatic nitrogens is 1. The Hall–Kier alpha value is -0.490. The third kappa shape index (κ3) is 2.86. The molecule has 0 aliphatic rings. The summed E-state index contributed by atoms with van der Waals surface area (Å²) in [6.45, 7) is 1.00. The Bertz CT molecular complexity index is 237. The van der Waals surface area contributed by atoms with Crippen molar-refractivity contribution in [2.45, 2.75) is 13.2 Å². The van der Waals surface area contributed by atoms with Crippen molar-refractivity contribution in [3.8, 4) is 0 Å². The van der Waals surface area contributed by atoms with Gasteiger partial charge in [0, 0.05) is 19.5 Å². The van der Waals surface area contributed by atoms with Crippen LogP contribution in [-0.2, 0) is 17.9 Å². The molecule has 1 aromatic rings. The van der Waals surface area contributed by atoms with E-state index >= 15 is 0 Å². The third-order valence-electron chi connectivity index (χ3n) is 1.26. The predicted molar refractivity (Wildman–Crippen MR) is 46.1 cm³/mol. The van der Waals surface area contributed by atoms with Gasteiger partial charge in [0.05, 0.1) is 18.8 Å². The molecule has 1 rings (SSSR count). The van der Waals surface area contributed by atoms with Gasteiger partial charge in [-0.15, -0.1) is 11.3 Å². The summed E-state index contributed by atoms with van der Waals surface area (Å²) in [6.07, 6.45) is 0. The van der Waals surface area contributed by atoms with Crippen LogP contribution in [0.1, 0.15) is 10.7 Å². The number of hydroxylamine groups is 2. The van der Waals surface area contributed by atoms with Gasteiger partial charge in [0.25, 0.3) is 0 Å². The molecular formula is C7H12N2O2S. The van der Waals surface area contributed by atoms with Crippen LogP contribution < -0.4 is 0 Å². The lowest BCUT2D eigenvalue weighted by Gasteiger charge is -2.03. The molecule has 0 aromatic carbocycles. The number of rotatable bonds is 4. The number of hydrogen-bond acceptors (Lipinski definition) is 5. The van der Waals surface area contributed by atoms with Gasteiger partial charge in [-0.05, 0) is 0 Å². The molecule has 0 aliphatic heterocycles. The molecule has 0 radical (unpaired) electrons.